The van der Waals surface area contributed by atoms with Crippen molar-refractivity contribution in [1.29, 1.82) is 0 Å². The zero-order valence-corrected chi connectivity index (χ0v) is 23.3. The highest BCUT2D eigenvalue weighted by molar-refractivity contribution is 5.98. The number of nitrogens with one attached hydrogen (secondary N) is 3. The van der Waals surface area contributed by atoms with Crippen LogP contribution in [-0.2, 0) is 9.59 Å². The van der Waals surface area contributed by atoms with E-state index in [2.05, 4.69) is 22.9 Å². The van der Waals surface area contributed by atoms with Gasteiger partial charge in [-0.1, -0.05) is 13.3 Å². The molecule has 2 bridgehead atoms. The number of hydrogen-bond donors (Lipinski definition) is 3. The maximum atomic E-state index is 15.0. The van der Waals surface area contributed by atoms with Crippen molar-refractivity contribution in [2.24, 2.45) is 23.2 Å². The lowest BCUT2D eigenvalue weighted by Crippen LogP contribution is -2.51. The SMILES string of the molecule is COc1cc(F)c(O[C@H]2CC[C@@](C)(NC=O)CC2)cc1C(=O)N[C@@H]1[C@H]2CC[C@H](C2)[C@@H]1C(=O)NCC1(C)CCC1. The molecular formula is C30H42FN3O5. The summed E-state index contributed by atoms with van der Waals surface area (Å²) in [7, 11) is 1.41. The van der Waals surface area contributed by atoms with E-state index in [1.54, 1.807) is 0 Å². The largest absolute Gasteiger partial charge is 0.496 e. The van der Waals surface area contributed by atoms with E-state index in [0.29, 0.717) is 38.6 Å². The molecule has 39 heavy (non-hydrogen) atoms. The van der Waals surface area contributed by atoms with Gasteiger partial charge in [-0.05, 0) is 88.0 Å². The molecule has 5 rings (SSSR count). The van der Waals surface area contributed by atoms with E-state index in [1.165, 1.54) is 25.7 Å². The van der Waals surface area contributed by atoms with Crippen LogP contribution in [0.25, 0.3) is 0 Å². The number of halogens is 1. The van der Waals surface area contributed by atoms with E-state index in [9.17, 15) is 18.8 Å². The number of hydrogen-bond acceptors (Lipinski definition) is 5. The molecule has 4 aliphatic rings. The topological polar surface area (TPSA) is 106 Å². The lowest BCUT2D eigenvalue weighted by atomic mass is 9.70. The van der Waals surface area contributed by atoms with Crippen LogP contribution in [0, 0.1) is 29.0 Å². The predicted octanol–water partition coefficient (Wildman–Crippen LogP) is 4.11. The summed E-state index contributed by atoms with van der Waals surface area (Å²) in [6, 6.07) is 2.35. The van der Waals surface area contributed by atoms with Gasteiger partial charge in [0.15, 0.2) is 11.6 Å². The van der Waals surface area contributed by atoms with Gasteiger partial charge in [-0.2, -0.15) is 0 Å². The molecular weight excluding hydrogens is 501 g/mol. The Labute approximate surface area is 230 Å². The molecule has 0 aromatic heterocycles. The number of rotatable bonds is 10. The molecule has 1 aromatic carbocycles. The van der Waals surface area contributed by atoms with Crippen LogP contribution >= 0.6 is 0 Å². The van der Waals surface area contributed by atoms with Crippen molar-refractivity contribution in [2.75, 3.05) is 13.7 Å². The van der Waals surface area contributed by atoms with Crippen molar-refractivity contribution in [3.05, 3.63) is 23.5 Å². The molecule has 0 unspecified atom stereocenters. The second-order valence-electron chi connectivity index (χ2n) is 12.9. The van der Waals surface area contributed by atoms with Gasteiger partial charge < -0.3 is 25.4 Å². The molecule has 4 atom stereocenters. The van der Waals surface area contributed by atoms with Gasteiger partial charge in [-0.3, -0.25) is 14.4 Å². The predicted molar refractivity (Wildman–Crippen MR) is 144 cm³/mol. The standard InChI is InChI=1S/C30H42FN3O5/c1-29(9-4-10-29)16-32-28(37)25-18-5-6-19(13-18)26(25)34-27(36)21-14-24(22(31)15-23(21)38-3)39-20-7-11-30(2,12-8-20)33-17-35/h14-15,17-20,25-26H,4-13,16H2,1-3H3,(H,32,37)(H,33,35)(H,34,36)/t18-,19+,20-,25+,26-,30+/m1/s1. The molecule has 8 nitrogen and oxygen atoms in total. The number of amides is 3. The zero-order chi connectivity index (χ0) is 27.8. The molecule has 4 saturated carbocycles. The minimum atomic E-state index is -0.593. The molecule has 9 heteroatoms. The molecule has 0 heterocycles. The Morgan fingerprint density at radius 3 is 2.41 bits per heavy atom. The number of carbonyl (C=O) groups is 3. The summed E-state index contributed by atoms with van der Waals surface area (Å²) in [5, 5.41) is 9.18. The summed E-state index contributed by atoms with van der Waals surface area (Å²) in [4.78, 5) is 37.8. The minimum absolute atomic E-state index is 0.00822. The Morgan fingerprint density at radius 1 is 1.05 bits per heavy atom. The molecule has 3 amide bonds. The van der Waals surface area contributed by atoms with E-state index >= 15 is 0 Å². The first-order valence-corrected chi connectivity index (χ1v) is 14.5. The fourth-order valence-electron chi connectivity index (χ4n) is 7.27. The lowest BCUT2D eigenvalue weighted by Gasteiger charge is -2.39. The summed E-state index contributed by atoms with van der Waals surface area (Å²) < 4.78 is 26.4. The number of fused-ring (bicyclic) bond motifs is 2. The van der Waals surface area contributed by atoms with Gasteiger partial charge in [-0.25, -0.2) is 4.39 Å². The van der Waals surface area contributed by atoms with Crippen molar-refractivity contribution in [2.45, 2.75) is 95.7 Å². The van der Waals surface area contributed by atoms with E-state index in [-0.39, 0.29) is 69.7 Å². The van der Waals surface area contributed by atoms with Gasteiger partial charge in [0, 0.05) is 24.2 Å². The fraction of sp³-hybridized carbons (Fsp3) is 0.700. The van der Waals surface area contributed by atoms with Crippen molar-refractivity contribution in [3.63, 3.8) is 0 Å². The minimum Gasteiger partial charge on any atom is -0.496 e. The first-order chi connectivity index (χ1) is 18.6. The number of methoxy groups -OCH3 is 1. The van der Waals surface area contributed by atoms with Crippen LogP contribution in [0.4, 0.5) is 4.39 Å². The van der Waals surface area contributed by atoms with Gasteiger partial charge in [0.05, 0.1) is 24.7 Å². The molecule has 3 N–H and O–H groups in total. The highest BCUT2D eigenvalue weighted by Crippen LogP contribution is 2.49. The third-order valence-corrected chi connectivity index (χ3v) is 10.0. The van der Waals surface area contributed by atoms with Crippen molar-refractivity contribution < 1.29 is 28.2 Å². The number of ether oxygens (including phenoxy) is 2. The van der Waals surface area contributed by atoms with Crippen LogP contribution in [-0.4, -0.2) is 49.6 Å². The second kappa shape index (κ2) is 11.0. The monoisotopic (exact) mass is 543 g/mol. The van der Waals surface area contributed by atoms with E-state index in [1.807, 2.05) is 6.92 Å². The average Bonchev–Trinajstić information content (AvgIpc) is 3.50. The van der Waals surface area contributed by atoms with Gasteiger partial charge in [0.1, 0.15) is 5.75 Å². The van der Waals surface area contributed by atoms with Crippen LogP contribution < -0.4 is 25.4 Å². The summed E-state index contributed by atoms with van der Waals surface area (Å²) in [5.41, 5.74) is 0.0943. The van der Waals surface area contributed by atoms with Gasteiger partial charge in [-0.15, -0.1) is 0 Å². The third kappa shape index (κ3) is 5.73. The summed E-state index contributed by atoms with van der Waals surface area (Å²) in [5.74, 6) is -0.533. The Morgan fingerprint density at radius 2 is 1.77 bits per heavy atom. The summed E-state index contributed by atoms with van der Waals surface area (Å²) in [6.07, 6.45) is 9.66. The highest BCUT2D eigenvalue weighted by atomic mass is 19.1. The molecule has 0 aliphatic heterocycles. The van der Waals surface area contributed by atoms with E-state index in [4.69, 9.17) is 9.47 Å². The maximum absolute atomic E-state index is 15.0. The van der Waals surface area contributed by atoms with Crippen LogP contribution in [0.1, 0.15) is 88.4 Å². The summed E-state index contributed by atoms with van der Waals surface area (Å²) in [6.45, 7) is 4.88. The average molecular weight is 544 g/mol. The molecule has 4 fully saturated rings. The van der Waals surface area contributed by atoms with Crippen molar-refractivity contribution in [1.82, 2.24) is 16.0 Å². The molecule has 214 valence electrons. The van der Waals surface area contributed by atoms with Gasteiger partial charge in [0.25, 0.3) is 5.91 Å². The van der Waals surface area contributed by atoms with Crippen molar-refractivity contribution >= 4 is 18.2 Å². The number of benzene rings is 1. The quantitative estimate of drug-likeness (QED) is 0.385. The Kier molecular flexibility index (Phi) is 7.80. The van der Waals surface area contributed by atoms with Crippen LogP contribution in [0.5, 0.6) is 11.5 Å². The smallest absolute Gasteiger partial charge is 0.255 e. The molecule has 4 aliphatic carbocycles. The normalized spacial score (nSPS) is 32.6. The Balaban J connectivity index is 1.27. The van der Waals surface area contributed by atoms with E-state index < -0.39 is 5.82 Å². The fourth-order valence-corrected chi connectivity index (χ4v) is 7.27. The summed E-state index contributed by atoms with van der Waals surface area (Å²) >= 11 is 0. The highest BCUT2D eigenvalue weighted by Gasteiger charge is 2.51. The van der Waals surface area contributed by atoms with Crippen molar-refractivity contribution in [3.8, 4) is 11.5 Å². The Hall–Kier alpha value is -2.84. The molecule has 0 spiro atoms. The second-order valence-corrected chi connectivity index (χ2v) is 12.9. The van der Waals surface area contributed by atoms with Crippen LogP contribution in [0.3, 0.4) is 0 Å². The van der Waals surface area contributed by atoms with Gasteiger partial charge >= 0.3 is 0 Å². The van der Waals surface area contributed by atoms with Crippen LogP contribution in [0.15, 0.2) is 12.1 Å². The lowest BCUT2D eigenvalue weighted by molar-refractivity contribution is -0.128. The maximum Gasteiger partial charge on any atom is 0.255 e. The molecule has 0 saturated heterocycles. The first-order valence-electron chi connectivity index (χ1n) is 14.5. The van der Waals surface area contributed by atoms with E-state index in [0.717, 1.165) is 32.1 Å². The molecule has 1 aromatic rings. The number of carbonyl (C=O) groups excluding carboxylic acids is 3. The Bertz CT molecular complexity index is 1100. The van der Waals surface area contributed by atoms with Gasteiger partial charge in [0.2, 0.25) is 12.3 Å². The van der Waals surface area contributed by atoms with Crippen LogP contribution in [0.2, 0.25) is 0 Å². The first kappa shape index (κ1) is 27.7. The third-order valence-electron chi connectivity index (χ3n) is 10.0. The zero-order valence-electron chi connectivity index (χ0n) is 23.3. The molecule has 0 radical (unpaired) electrons.